The quantitative estimate of drug-likeness (QED) is 0.306. The van der Waals surface area contributed by atoms with E-state index in [1.165, 1.54) is 11.1 Å². The van der Waals surface area contributed by atoms with Gasteiger partial charge in [-0.25, -0.2) is 9.97 Å². The van der Waals surface area contributed by atoms with Gasteiger partial charge in [0, 0.05) is 23.7 Å². The number of fused-ring (bicyclic) bond motifs is 3. The summed E-state index contributed by atoms with van der Waals surface area (Å²) in [6.07, 6.45) is 4.32. The standard InChI is InChI=1S/C28H26N4O/c1-28(2,3)22-11-9-20(10-12-22)21-6-5-7-23(15-21)31(4)27-24-13-8-19(17-33)14-25(24)32-18-29-16-26(32)30-27/h5-18H,1-4H3. The van der Waals surface area contributed by atoms with E-state index < -0.39 is 0 Å². The second-order valence-corrected chi connectivity index (χ2v) is 9.39. The molecule has 2 heterocycles. The van der Waals surface area contributed by atoms with Crippen LogP contribution < -0.4 is 4.90 Å². The van der Waals surface area contributed by atoms with E-state index in [0.29, 0.717) is 5.56 Å². The average Bonchev–Trinajstić information content (AvgIpc) is 3.31. The van der Waals surface area contributed by atoms with Crippen molar-refractivity contribution in [1.29, 1.82) is 0 Å². The molecule has 0 amide bonds. The summed E-state index contributed by atoms with van der Waals surface area (Å²) < 4.78 is 1.91. The number of benzene rings is 3. The van der Waals surface area contributed by atoms with E-state index in [2.05, 4.69) is 79.2 Å². The van der Waals surface area contributed by atoms with Crippen molar-refractivity contribution < 1.29 is 4.79 Å². The van der Waals surface area contributed by atoms with Gasteiger partial charge in [-0.15, -0.1) is 0 Å². The molecule has 164 valence electrons. The van der Waals surface area contributed by atoms with Crippen LogP contribution in [0.25, 0.3) is 27.7 Å². The molecule has 2 aromatic heterocycles. The highest BCUT2D eigenvalue weighted by atomic mass is 16.1. The van der Waals surface area contributed by atoms with E-state index in [4.69, 9.17) is 4.98 Å². The molecular weight excluding hydrogens is 408 g/mol. The van der Waals surface area contributed by atoms with Gasteiger partial charge in [-0.05, 0) is 46.4 Å². The van der Waals surface area contributed by atoms with E-state index in [-0.39, 0.29) is 5.41 Å². The number of nitrogens with zero attached hydrogens (tertiary/aromatic N) is 4. The Morgan fingerprint density at radius 3 is 2.45 bits per heavy atom. The number of anilines is 2. The molecule has 0 aliphatic heterocycles. The van der Waals surface area contributed by atoms with Crippen molar-refractivity contribution in [2.45, 2.75) is 26.2 Å². The Hall–Kier alpha value is -3.99. The zero-order valence-electron chi connectivity index (χ0n) is 19.3. The minimum absolute atomic E-state index is 0.128. The van der Waals surface area contributed by atoms with Crippen molar-refractivity contribution in [3.63, 3.8) is 0 Å². The van der Waals surface area contributed by atoms with Crippen LogP contribution >= 0.6 is 0 Å². The van der Waals surface area contributed by atoms with Crippen molar-refractivity contribution in [2.75, 3.05) is 11.9 Å². The van der Waals surface area contributed by atoms with Gasteiger partial charge in [0.1, 0.15) is 18.4 Å². The molecular formula is C28H26N4O. The van der Waals surface area contributed by atoms with Crippen LogP contribution in [0.1, 0.15) is 36.7 Å². The number of rotatable bonds is 4. The fraction of sp³-hybridized carbons (Fsp3) is 0.179. The maximum atomic E-state index is 11.4. The number of imidazole rings is 1. The molecule has 3 aromatic carbocycles. The van der Waals surface area contributed by atoms with Crippen LogP contribution in [0.15, 0.2) is 79.3 Å². The number of carbonyl (C=O) groups excluding carboxylic acids is 1. The van der Waals surface area contributed by atoms with Crippen LogP contribution in [0.2, 0.25) is 0 Å². The molecule has 0 N–H and O–H groups in total. The molecule has 0 bridgehead atoms. The van der Waals surface area contributed by atoms with Gasteiger partial charge in [0.05, 0.1) is 11.7 Å². The van der Waals surface area contributed by atoms with Crippen LogP contribution in [-0.4, -0.2) is 27.7 Å². The molecule has 0 saturated carbocycles. The Bertz CT molecular complexity index is 1480. The molecule has 0 atom stereocenters. The largest absolute Gasteiger partial charge is 0.329 e. The van der Waals surface area contributed by atoms with Gasteiger partial charge in [0.15, 0.2) is 5.65 Å². The molecule has 5 heteroatoms. The molecule has 0 unspecified atom stereocenters. The zero-order valence-corrected chi connectivity index (χ0v) is 19.3. The SMILES string of the molecule is CN(c1cccc(-c2ccc(C(C)(C)C)cc2)c1)c1nc2cncn2c2cc(C=O)ccc12. The van der Waals surface area contributed by atoms with Crippen LogP contribution in [0.5, 0.6) is 0 Å². The van der Waals surface area contributed by atoms with Gasteiger partial charge in [-0.3, -0.25) is 9.20 Å². The minimum Gasteiger partial charge on any atom is -0.329 e. The highest BCUT2D eigenvalue weighted by Crippen LogP contribution is 2.33. The van der Waals surface area contributed by atoms with Gasteiger partial charge in [-0.1, -0.05) is 63.2 Å². The van der Waals surface area contributed by atoms with Crippen LogP contribution in [0, 0.1) is 0 Å². The van der Waals surface area contributed by atoms with Gasteiger partial charge in [-0.2, -0.15) is 0 Å². The lowest BCUT2D eigenvalue weighted by atomic mass is 9.86. The molecule has 0 saturated heterocycles. The lowest BCUT2D eigenvalue weighted by Gasteiger charge is -2.22. The summed E-state index contributed by atoms with van der Waals surface area (Å²) in [6, 6.07) is 22.9. The van der Waals surface area contributed by atoms with Gasteiger partial charge >= 0.3 is 0 Å². The summed E-state index contributed by atoms with van der Waals surface area (Å²) >= 11 is 0. The van der Waals surface area contributed by atoms with Gasteiger partial charge < -0.3 is 4.90 Å². The van der Waals surface area contributed by atoms with Crippen molar-refractivity contribution in [1.82, 2.24) is 14.4 Å². The van der Waals surface area contributed by atoms with E-state index in [9.17, 15) is 4.79 Å². The summed E-state index contributed by atoms with van der Waals surface area (Å²) in [5.74, 6) is 0.815. The van der Waals surface area contributed by atoms with E-state index in [0.717, 1.165) is 39.9 Å². The summed E-state index contributed by atoms with van der Waals surface area (Å²) in [6.45, 7) is 6.68. The summed E-state index contributed by atoms with van der Waals surface area (Å²) in [4.78, 5) is 22.6. The number of hydrogen-bond acceptors (Lipinski definition) is 4. The zero-order chi connectivity index (χ0) is 23.2. The van der Waals surface area contributed by atoms with Crippen molar-refractivity contribution in [2.24, 2.45) is 0 Å². The first-order valence-corrected chi connectivity index (χ1v) is 11.0. The number of aldehydes is 1. The summed E-state index contributed by atoms with van der Waals surface area (Å²) in [5, 5.41) is 0.952. The first-order valence-electron chi connectivity index (χ1n) is 11.0. The molecule has 0 aliphatic carbocycles. The average molecular weight is 435 g/mol. The summed E-state index contributed by atoms with van der Waals surface area (Å²) in [7, 11) is 2.02. The third-order valence-corrected chi connectivity index (χ3v) is 6.13. The number of carbonyl (C=O) groups is 1. The molecule has 0 radical (unpaired) electrons. The second-order valence-electron chi connectivity index (χ2n) is 9.39. The number of hydrogen-bond donors (Lipinski definition) is 0. The Labute approximate surface area is 193 Å². The topological polar surface area (TPSA) is 50.5 Å². The fourth-order valence-corrected chi connectivity index (χ4v) is 4.17. The normalized spacial score (nSPS) is 11.8. The predicted molar refractivity (Wildman–Crippen MR) is 135 cm³/mol. The molecule has 0 aliphatic rings. The molecule has 5 aromatic rings. The molecule has 5 nitrogen and oxygen atoms in total. The van der Waals surface area contributed by atoms with Crippen molar-refractivity contribution in [3.8, 4) is 11.1 Å². The Balaban J connectivity index is 1.59. The van der Waals surface area contributed by atoms with E-state index in [1.807, 2.05) is 29.6 Å². The summed E-state index contributed by atoms with van der Waals surface area (Å²) in [5.41, 5.74) is 7.07. The van der Waals surface area contributed by atoms with Crippen LogP contribution in [-0.2, 0) is 5.41 Å². The fourth-order valence-electron chi connectivity index (χ4n) is 4.17. The van der Waals surface area contributed by atoms with Gasteiger partial charge in [0.25, 0.3) is 0 Å². The van der Waals surface area contributed by atoms with Crippen molar-refractivity contribution in [3.05, 3.63) is 90.4 Å². The third-order valence-electron chi connectivity index (χ3n) is 6.13. The minimum atomic E-state index is 0.128. The van der Waals surface area contributed by atoms with Gasteiger partial charge in [0.2, 0.25) is 0 Å². The third kappa shape index (κ3) is 3.76. The van der Waals surface area contributed by atoms with Crippen LogP contribution in [0.4, 0.5) is 11.5 Å². The maximum absolute atomic E-state index is 11.4. The lowest BCUT2D eigenvalue weighted by molar-refractivity contribution is 0.112. The predicted octanol–water partition coefficient (Wildman–Crippen LogP) is 6.43. The molecule has 0 fully saturated rings. The smallest absolute Gasteiger partial charge is 0.159 e. The Morgan fingerprint density at radius 2 is 1.73 bits per heavy atom. The molecule has 5 rings (SSSR count). The highest BCUT2D eigenvalue weighted by molar-refractivity contribution is 5.96. The molecule has 0 spiro atoms. The Morgan fingerprint density at radius 1 is 0.939 bits per heavy atom. The number of aromatic nitrogens is 3. The lowest BCUT2D eigenvalue weighted by Crippen LogP contribution is -2.13. The van der Waals surface area contributed by atoms with Crippen LogP contribution in [0.3, 0.4) is 0 Å². The van der Waals surface area contributed by atoms with Crippen molar-refractivity contribution >= 4 is 34.3 Å². The molecule has 33 heavy (non-hydrogen) atoms. The van der Waals surface area contributed by atoms with E-state index >= 15 is 0 Å². The maximum Gasteiger partial charge on any atom is 0.159 e. The monoisotopic (exact) mass is 434 g/mol. The second kappa shape index (κ2) is 7.85. The van der Waals surface area contributed by atoms with E-state index in [1.54, 1.807) is 12.5 Å². The highest BCUT2D eigenvalue weighted by Gasteiger charge is 2.16. The first-order chi connectivity index (χ1) is 15.8. The first kappa shape index (κ1) is 20.9. The Kier molecular flexibility index (Phi) is 4.97.